The van der Waals surface area contributed by atoms with Gasteiger partial charge in [-0.15, -0.1) is 10.2 Å². The second-order valence-electron chi connectivity index (χ2n) is 4.78. The molecule has 1 N–H and O–H groups in total. The smallest absolute Gasteiger partial charge is 0.310 e. The van der Waals surface area contributed by atoms with Gasteiger partial charge in [0.1, 0.15) is 5.51 Å². The molecule has 1 fully saturated rings. The highest BCUT2D eigenvalue weighted by atomic mass is 32.2. The number of benzene rings is 1. The molecule has 0 radical (unpaired) electrons. The van der Waals surface area contributed by atoms with Gasteiger partial charge in [0, 0.05) is 17.5 Å². The number of nitrogens with one attached hydrogen (secondary N) is 1. The van der Waals surface area contributed by atoms with Gasteiger partial charge >= 0.3 is 6.18 Å². The highest BCUT2D eigenvalue weighted by Gasteiger charge is 2.34. The molecule has 0 amide bonds. The lowest BCUT2D eigenvalue weighted by atomic mass is 10.1. The van der Waals surface area contributed by atoms with E-state index in [9.17, 15) is 13.2 Å². The molecule has 0 saturated heterocycles. The molecule has 1 heterocycles. The Bertz CT molecular complexity index is 610. The molecule has 1 saturated carbocycles. The fourth-order valence-electron chi connectivity index (χ4n) is 1.89. The van der Waals surface area contributed by atoms with Crippen LogP contribution >= 0.6 is 23.1 Å². The second kappa shape index (κ2) is 5.94. The summed E-state index contributed by atoms with van der Waals surface area (Å²) in [5, 5.41) is 10.6. The number of rotatable bonds is 5. The molecule has 2 aromatic rings. The van der Waals surface area contributed by atoms with Crippen molar-refractivity contribution in [2.24, 2.45) is 0 Å². The minimum absolute atomic E-state index is 0.253. The molecule has 21 heavy (non-hydrogen) atoms. The molecule has 0 atom stereocenters. The minimum Gasteiger partial charge on any atom is -0.310 e. The molecule has 112 valence electrons. The van der Waals surface area contributed by atoms with Crippen molar-refractivity contribution >= 4 is 23.1 Å². The van der Waals surface area contributed by atoms with Crippen LogP contribution in [0.2, 0.25) is 0 Å². The van der Waals surface area contributed by atoms with Crippen LogP contribution in [0.4, 0.5) is 13.2 Å². The van der Waals surface area contributed by atoms with E-state index in [-0.39, 0.29) is 12.1 Å². The summed E-state index contributed by atoms with van der Waals surface area (Å²) in [5.41, 5.74) is 1.27. The van der Waals surface area contributed by atoms with Gasteiger partial charge in [-0.2, -0.15) is 13.2 Å². The molecule has 0 spiro atoms. The third-order valence-corrected chi connectivity index (χ3v) is 4.86. The van der Waals surface area contributed by atoms with E-state index in [2.05, 4.69) is 15.5 Å². The Hall–Kier alpha value is -1.12. The van der Waals surface area contributed by atoms with E-state index in [1.54, 1.807) is 17.6 Å². The van der Waals surface area contributed by atoms with Gasteiger partial charge in [-0.3, -0.25) is 0 Å². The maximum atomic E-state index is 13.2. The van der Waals surface area contributed by atoms with Gasteiger partial charge in [-0.25, -0.2) is 0 Å². The van der Waals surface area contributed by atoms with E-state index in [1.807, 2.05) is 0 Å². The van der Waals surface area contributed by atoms with Crippen LogP contribution in [0.1, 0.15) is 24.0 Å². The predicted octanol–water partition coefficient (Wildman–Crippen LogP) is 3.96. The van der Waals surface area contributed by atoms with Crippen molar-refractivity contribution in [1.82, 2.24) is 15.5 Å². The van der Waals surface area contributed by atoms with Crippen molar-refractivity contribution in [3.05, 3.63) is 34.8 Å². The fraction of sp³-hybridized carbons (Fsp3) is 0.385. The summed E-state index contributed by atoms with van der Waals surface area (Å²) < 4.78 is 40.2. The van der Waals surface area contributed by atoms with E-state index in [1.165, 1.54) is 29.2 Å². The van der Waals surface area contributed by atoms with E-state index in [0.717, 1.165) is 12.8 Å². The quantitative estimate of drug-likeness (QED) is 0.900. The third kappa shape index (κ3) is 3.96. The monoisotopic (exact) mass is 331 g/mol. The molecule has 3 nitrogen and oxygen atoms in total. The number of halogens is 3. The number of nitrogens with zero attached hydrogens (tertiary/aromatic N) is 2. The molecule has 0 unspecified atom stereocenters. The first-order valence-corrected chi connectivity index (χ1v) is 8.09. The number of hydrogen-bond donors (Lipinski definition) is 1. The van der Waals surface area contributed by atoms with Crippen LogP contribution in [0.5, 0.6) is 0 Å². The summed E-state index contributed by atoms with van der Waals surface area (Å²) in [6.07, 6.45) is -2.25. The van der Waals surface area contributed by atoms with Crippen molar-refractivity contribution in [1.29, 1.82) is 0 Å². The van der Waals surface area contributed by atoms with E-state index >= 15 is 0 Å². The van der Waals surface area contributed by atoms with Crippen LogP contribution in [0, 0.1) is 0 Å². The summed E-state index contributed by atoms with van der Waals surface area (Å²) in [5.74, 6) is 0. The highest BCUT2D eigenvalue weighted by molar-refractivity contribution is 8.01. The Morgan fingerprint density at radius 3 is 2.76 bits per heavy atom. The van der Waals surface area contributed by atoms with Crippen LogP contribution in [0.25, 0.3) is 0 Å². The molecule has 1 aliphatic carbocycles. The summed E-state index contributed by atoms with van der Waals surface area (Å²) >= 11 is 2.50. The number of alkyl halides is 3. The maximum absolute atomic E-state index is 13.2. The Kier molecular flexibility index (Phi) is 4.19. The van der Waals surface area contributed by atoms with Gasteiger partial charge in [0.15, 0.2) is 4.34 Å². The van der Waals surface area contributed by atoms with Gasteiger partial charge in [0.2, 0.25) is 0 Å². The van der Waals surface area contributed by atoms with Crippen molar-refractivity contribution in [2.45, 2.75) is 40.8 Å². The topological polar surface area (TPSA) is 37.8 Å². The van der Waals surface area contributed by atoms with Gasteiger partial charge in [0.25, 0.3) is 0 Å². The molecule has 1 aliphatic rings. The molecular formula is C13H12F3N3S2. The van der Waals surface area contributed by atoms with Gasteiger partial charge in [0.05, 0.1) is 5.56 Å². The zero-order chi connectivity index (χ0) is 14.9. The molecule has 3 rings (SSSR count). The largest absolute Gasteiger partial charge is 0.416 e. The molecule has 1 aromatic heterocycles. The first kappa shape index (κ1) is 14.8. The Balaban J connectivity index is 1.82. The second-order valence-corrected chi connectivity index (χ2v) is 6.93. The van der Waals surface area contributed by atoms with Crippen molar-refractivity contribution < 1.29 is 13.2 Å². The Morgan fingerprint density at radius 2 is 2.14 bits per heavy atom. The lowest BCUT2D eigenvalue weighted by molar-refractivity contribution is -0.138. The highest BCUT2D eigenvalue weighted by Crippen LogP contribution is 2.37. The van der Waals surface area contributed by atoms with Crippen LogP contribution < -0.4 is 5.32 Å². The molecule has 1 aromatic carbocycles. The zero-order valence-electron chi connectivity index (χ0n) is 10.9. The molecule has 0 aliphatic heterocycles. The average Bonchev–Trinajstić information content (AvgIpc) is 3.12. The molecular weight excluding hydrogens is 319 g/mol. The van der Waals surface area contributed by atoms with Gasteiger partial charge < -0.3 is 5.32 Å². The first-order valence-electron chi connectivity index (χ1n) is 6.40. The summed E-state index contributed by atoms with van der Waals surface area (Å²) in [4.78, 5) is 0.522. The zero-order valence-corrected chi connectivity index (χ0v) is 12.5. The van der Waals surface area contributed by atoms with Crippen molar-refractivity contribution in [3.63, 3.8) is 0 Å². The Labute approximate surface area is 128 Å². The summed E-state index contributed by atoms with van der Waals surface area (Å²) in [7, 11) is 0. The lowest BCUT2D eigenvalue weighted by Gasteiger charge is -2.14. The van der Waals surface area contributed by atoms with Gasteiger partial charge in [-0.1, -0.05) is 29.2 Å². The van der Waals surface area contributed by atoms with Crippen LogP contribution in [-0.2, 0) is 12.7 Å². The number of hydrogen-bond acceptors (Lipinski definition) is 5. The predicted molar refractivity (Wildman–Crippen MR) is 75.3 cm³/mol. The Morgan fingerprint density at radius 1 is 1.33 bits per heavy atom. The molecule has 0 bridgehead atoms. The van der Waals surface area contributed by atoms with E-state index in [4.69, 9.17) is 0 Å². The molecule has 8 heteroatoms. The van der Waals surface area contributed by atoms with Crippen molar-refractivity contribution in [2.75, 3.05) is 0 Å². The minimum atomic E-state index is -4.35. The normalized spacial score (nSPS) is 15.4. The van der Waals surface area contributed by atoms with E-state index in [0.29, 0.717) is 15.3 Å². The summed E-state index contributed by atoms with van der Waals surface area (Å²) in [6.45, 7) is 0.253. The maximum Gasteiger partial charge on any atom is 0.416 e. The van der Waals surface area contributed by atoms with Gasteiger partial charge in [-0.05, 0) is 30.5 Å². The number of aromatic nitrogens is 2. The van der Waals surface area contributed by atoms with Crippen molar-refractivity contribution in [3.8, 4) is 0 Å². The fourth-order valence-corrected chi connectivity index (χ4v) is 3.38. The average molecular weight is 331 g/mol. The summed E-state index contributed by atoms with van der Waals surface area (Å²) in [6, 6.07) is 4.81. The standard InChI is InChI=1S/C13H12F3N3S2/c14-13(15,16)11-5-10(21-12-19-18-7-20-12)4-1-8(11)6-17-9-2-3-9/h1,4-5,7,9,17H,2-3,6H2. The first-order chi connectivity index (χ1) is 10.0. The van der Waals surface area contributed by atoms with E-state index < -0.39 is 11.7 Å². The van der Waals surface area contributed by atoms with Crippen LogP contribution in [0.15, 0.2) is 32.9 Å². The van der Waals surface area contributed by atoms with Crippen LogP contribution in [-0.4, -0.2) is 16.2 Å². The van der Waals surface area contributed by atoms with Crippen LogP contribution in [0.3, 0.4) is 0 Å². The SMILES string of the molecule is FC(F)(F)c1cc(Sc2nncs2)ccc1CNC1CC1. The lowest BCUT2D eigenvalue weighted by Crippen LogP contribution is -2.19. The third-order valence-electron chi connectivity index (χ3n) is 3.09.